The topological polar surface area (TPSA) is 28.2 Å². The molecule has 3 rings (SSSR count). The van der Waals surface area contributed by atoms with E-state index in [0.717, 1.165) is 30.2 Å². The first-order valence-corrected chi connectivity index (χ1v) is 7.98. The number of aromatic nitrogens is 1. The molecule has 3 heteroatoms. The van der Waals surface area contributed by atoms with Gasteiger partial charge < -0.3 is 5.32 Å². The Hall–Kier alpha value is -1.45. The van der Waals surface area contributed by atoms with Crippen molar-refractivity contribution in [1.82, 2.24) is 15.2 Å². The Bertz CT molecular complexity index is 600. The van der Waals surface area contributed by atoms with Gasteiger partial charge in [-0.2, -0.15) is 0 Å². The summed E-state index contributed by atoms with van der Waals surface area (Å²) in [5.41, 5.74) is 3.66. The van der Waals surface area contributed by atoms with Gasteiger partial charge in [0.15, 0.2) is 0 Å². The molecule has 0 amide bonds. The van der Waals surface area contributed by atoms with Crippen LogP contribution in [0.4, 0.5) is 0 Å². The zero-order chi connectivity index (χ0) is 14.7. The predicted octanol–water partition coefficient (Wildman–Crippen LogP) is 2.97. The Morgan fingerprint density at radius 2 is 2.00 bits per heavy atom. The van der Waals surface area contributed by atoms with Gasteiger partial charge >= 0.3 is 0 Å². The highest BCUT2D eigenvalue weighted by atomic mass is 15.1. The molecule has 0 spiro atoms. The third-order valence-electron chi connectivity index (χ3n) is 4.52. The van der Waals surface area contributed by atoms with Crippen LogP contribution in [0.2, 0.25) is 0 Å². The normalized spacial score (nSPS) is 17.4. The number of hydrogen-bond donors (Lipinski definition) is 1. The lowest BCUT2D eigenvalue weighted by Gasteiger charge is -2.32. The van der Waals surface area contributed by atoms with E-state index in [2.05, 4.69) is 59.5 Å². The highest BCUT2D eigenvalue weighted by Crippen LogP contribution is 2.23. The van der Waals surface area contributed by atoms with Crippen molar-refractivity contribution in [1.29, 1.82) is 0 Å². The van der Waals surface area contributed by atoms with Gasteiger partial charge in [0.2, 0.25) is 0 Å². The fourth-order valence-corrected chi connectivity index (χ4v) is 3.40. The Morgan fingerprint density at radius 3 is 2.76 bits per heavy atom. The number of fused-ring (bicyclic) bond motifs is 1. The summed E-state index contributed by atoms with van der Waals surface area (Å²) in [6.45, 7) is 6.72. The van der Waals surface area contributed by atoms with Crippen LogP contribution in [0.3, 0.4) is 0 Å². The third-order valence-corrected chi connectivity index (χ3v) is 4.52. The first-order chi connectivity index (χ1) is 10.3. The van der Waals surface area contributed by atoms with E-state index in [0.29, 0.717) is 0 Å². The second-order valence-corrected chi connectivity index (χ2v) is 6.22. The number of aryl methyl sites for hydroxylation is 1. The molecule has 1 aromatic carbocycles. The molecule has 112 valence electrons. The number of piperidine rings is 1. The van der Waals surface area contributed by atoms with Crippen LogP contribution in [0.1, 0.15) is 24.1 Å². The number of benzene rings is 1. The van der Waals surface area contributed by atoms with E-state index in [1.165, 1.54) is 36.9 Å². The lowest BCUT2D eigenvalue weighted by Crippen LogP contribution is -2.36. The Kier molecular flexibility index (Phi) is 4.51. The maximum atomic E-state index is 4.64. The molecule has 1 aliphatic heterocycles. The summed E-state index contributed by atoms with van der Waals surface area (Å²) in [7, 11) is 2.05. The summed E-state index contributed by atoms with van der Waals surface area (Å²) >= 11 is 0. The molecule has 2 heterocycles. The van der Waals surface area contributed by atoms with E-state index in [-0.39, 0.29) is 0 Å². The van der Waals surface area contributed by atoms with Crippen molar-refractivity contribution in [2.75, 3.05) is 26.7 Å². The molecule has 1 aromatic heterocycles. The van der Waals surface area contributed by atoms with Crippen molar-refractivity contribution in [3.63, 3.8) is 0 Å². The lowest BCUT2D eigenvalue weighted by molar-refractivity contribution is 0.177. The molecule has 1 N–H and O–H groups in total. The van der Waals surface area contributed by atoms with E-state index in [1.807, 2.05) is 0 Å². The number of hydrogen-bond acceptors (Lipinski definition) is 3. The van der Waals surface area contributed by atoms with E-state index in [4.69, 9.17) is 0 Å². The maximum absolute atomic E-state index is 4.64. The predicted molar refractivity (Wildman–Crippen MR) is 88.4 cm³/mol. The summed E-state index contributed by atoms with van der Waals surface area (Å²) in [5, 5.41) is 4.61. The SMILES string of the molecule is CNCC1CCN(Cc2cc(C)nc3ccccc23)CC1. The smallest absolute Gasteiger partial charge is 0.0708 e. The van der Waals surface area contributed by atoms with Crippen LogP contribution in [-0.2, 0) is 6.54 Å². The van der Waals surface area contributed by atoms with Gasteiger partial charge in [-0.3, -0.25) is 9.88 Å². The van der Waals surface area contributed by atoms with Crippen molar-refractivity contribution in [2.45, 2.75) is 26.3 Å². The third kappa shape index (κ3) is 3.42. The maximum Gasteiger partial charge on any atom is 0.0708 e. The standard InChI is InChI=1S/C18H25N3/c1-14-11-16(17-5-3-4-6-18(17)20-14)13-21-9-7-15(8-10-21)12-19-2/h3-6,11,15,19H,7-10,12-13H2,1-2H3. The fourth-order valence-electron chi connectivity index (χ4n) is 3.40. The molecule has 0 unspecified atom stereocenters. The van der Waals surface area contributed by atoms with Gasteiger partial charge in [0, 0.05) is 17.6 Å². The highest BCUT2D eigenvalue weighted by molar-refractivity contribution is 5.82. The molecule has 2 aromatic rings. The quantitative estimate of drug-likeness (QED) is 0.935. The number of nitrogens with one attached hydrogen (secondary N) is 1. The number of pyridine rings is 1. The minimum atomic E-state index is 0.849. The van der Waals surface area contributed by atoms with E-state index in [1.54, 1.807) is 0 Å². The molecule has 21 heavy (non-hydrogen) atoms. The van der Waals surface area contributed by atoms with Crippen LogP contribution in [-0.4, -0.2) is 36.6 Å². The summed E-state index contributed by atoms with van der Waals surface area (Å²) in [6, 6.07) is 10.8. The molecule has 0 aliphatic carbocycles. The van der Waals surface area contributed by atoms with Crippen LogP contribution in [0, 0.1) is 12.8 Å². The molecular formula is C18H25N3. The van der Waals surface area contributed by atoms with Crippen LogP contribution in [0.25, 0.3) is 10.9 Å². The van der Waals surface area contributed by atoms with Crippen molar-refractivity contribution >= 4 is 10.9 Å². The molecule has 1 fully saturated rings. The van der Waals surface area contributed by atoms with Crippen molar-refractivity contribution < 1.29 is 0 Å². The summed E-state index contributed by atoms with van der Waals surface area (Å²) in [6.07, 6.45) is 2.62. The average molecular weight is 283 g/mol. The van der Waals surface area contributed by atoms with Gasteiger partial charge in [0.1, 0.15) is 0 Å². The second-order valence-electron chi connectivity index (χ2n) is 6.22. The van der Waals surface area contributed by atoms with Crippen LogP contribution in [0.5, 0.6) is 0 Å². The van der Waals surface area contributed by atoms with Crippen LogP contribution >= 0.6 is 0 Å². The molecule has 1 aliphatic rings. The molecule has 1 saturated heterocycles. The van der Waals surface area contributed by atoms with Crippen LogP contribution in [0.15, 0.2) is 30.3 Å². The number of rotatable bonds is 4. The lowest BCUT2D eigenvalue weighted by atomic mass is 9.96. The molecular weight excluding hydrogens is 258 g/mol. The first kappa shape index (κ1) is 14.5. The summed E-state index contributed by atoms with van der Waals surface area (Å²) in [4.78, 5) is 7.23. The highest BCUT2D eigenvalue weighted by Gasteiger charge is 2.19. The monoisotopic (exact) mass is 283 g/mol. The van der Waals surface area contributed by atoms with Crippen LogP contribution < -0.4 is 5.32 Å². The molecule has 0 radical (unpaired) electrons. The zero-order valence-corrected chi connectivity index (χ0v) is 13.1. The number of para-hydroxylation sites is 1. The molecule has 3 nitrogen and oxygen atoms in total. The Morgan fingerprint density at radius 1 is 1.24 bits per heavy atom. The Labute approximate surface area is 127 Å². The van der Waals surface area contributed by atoms with Crippen molar-refractivity contribution in [3.8, 4) is 0 Å². The number of likely N-dealkylation sites (tertiary alicyclic amines) is 1. The minimum Gasteiger partial charge on any atom is -0.319 e. The van der Waals surface area contributed by atoms with Gasteiger partial charge in [-0.15, -0.1) is 0 Å². The Balaban J connectivity index is 1.74. The van der Waals surface area contributed by atoms with E-state index < -0.39 is 0 Å². The van der Waals surface area contributed by atoms with Gasteiger partial charge in [-0.1, -0.05) is 18.2 Å². The molecule has 0 atom stereocenters. The van der Waals surface area contributed by atoms with Gasteiger partial charge in [-0.05, 0) is 70.1 Å². The molecule has 0 saturated carbocycles. The van der Waals surface area contributed by atoms with Gasteiger partial charge in [0.05, 0.1) is 5.52 Å². The van der Waals surface area contributed by atoms with Gasteiger partial charge in [-0.25, -0.2) is 0 Å². The first-order valence-electron chi connectivity index (χ1n) is 7.98. The van der Waals surface area contributed by atoms with Gasteiger partial charge in [0.25, 0.3) is 0 Å². The second kappa shape index (κ2) is 6.54. The number of nitrogens with zero attached hydrogens (tertiary/aromatic N) is 2. The average Bonchev–Trinajstić information content (AvgIpc) is 2.49. The summed E-state index contributed by atoms with van der Waals surface area (Å²) in [5.74, 6) is 0.849. The molecule has 0 bridgehead atoms. The van der Waals surface area contributed by atoms with Crippen molar-refractivity contribution in [3.05, 3.63) is 41.6 Å². The fraction of sp³-hybridized carbons (Fsp3) is 0.500. The largest absolute Gasteiger partial charge is 0.319 e. The van der Waals surface area contributed by atoms with E-state index >= 15 is 0 Å². The minimum absolute atomic E-state index is 0.849. The van der Waals surface area contributed by atoms with Crippen molar-refractivity contribution in [2.24, 2.45) is 5.92 Å². The van der Waals surface area contributed by atoms with E-state index in [9.17, 15) is 0 Å². The summed E-state index contributed by atoms with van der Waals surface area (Å²) < 4.78 is 0. The zero-order valence-electron chi connectivity index (χ0n) is 13.1.